The lowest BCUT2D eigenvalue weighted by Gasteiger charge is -2.37. The fourth-order valence-electron chi connectivity index (χ4n) is 3.07. The Kier molecular flexibility index (Phi) is 5.98. The van der Waals surface area contributed by atoms with Gasteiger partial charge in [0.05, 0.1) is 0 Å². The van der Waals surface area contributed by atoms with Crippen LogP contribution in [0.15, 0.2) is 30.3 Å². The van der Waals surface area contributed by atoms with E-state index in [9.17, 15) is 0 Å². The molecular weight excluding hydrogens is 262 g/mol. The Morgan fingerprint density at radius 2 is 1.80 bits per heavy atom. The van der Waals surface area contributed by atoms with Gasteiger partial charge in [0.2, 0.25) is 0 Å². The van der Waals surface area contributed by atoms with Gasteiger partial charge in [-0.15, -0.1) is 0 Å². The van der Waals surface area contributed by atoms with Crippen LogP contribution in [-0.4, -0.2) is 23.6 Å². The summed E-state index contributed by atoms with van der Waals surface area (Å²) in [6.45, 7) is 7.06. The molecule has 2 rings (SSSR count). The number of hydrogen-bond donors (Lipinski definition) is 1. The fraction of sp³-hybridized carbons (Fsp3) is 0.667. The van der Waals surface area contributed by atoms with Gasteiger partial charge in [-0.2, -0.15) is 11.8 Å². The van der Waals surface area contributed by atoms with E-state index in [-0.39, 0.29) is 0 Å². The lowest BCUT2D eigenvalue weighted by molar-refractivity contribution is 0.368. The minimum atomic E-state index is 0.682. The van der Waals surface area contributed by atoms with Gasteiger partial charge in [-0.3, -0.25) is 0 Å². The van der Waals surface area contributed by atoms with Gasteiger partial charge in [0.25, 0.3) is 0 Å². The van der Waals surface area contributed by atoms with Crippen molar-refractivity contribution in [2.75, 3.05) is 7.05 Å². The fourth-order valence-corrected chi connectivity index (χ4v) is 4.74. The van der Waals surface area contributed by atoms with Gasteiger partial charge in [-0.25, -0.2) is 0 Å². The summed E-state index contributed by atoms with van der Waals surface area (Å²) in [6, 6.07) is 11.8. The van der Waals surface area contributed by atoms with E-state index in [4.69, 9.17) is 0 Å². The highest BCUT2D eigenvalue weighted by atomic mass is 32.2. The van der Waals surface area contributed by atoms with Crippen molar-refractivity contribution in [3.8, 4) is 0 Å². The zero-order valence-electron chi connectivity index (χ0n) is 13.3. The number of rotatable bonds is 5. The summed E-state index contributed by atoms with van der Waals surface area (Å²) in [6.07, 6.45) is 3.94. The van der Waals surface area contributed by atoms with Crippen molar-refractivity contribution in [2.24, 2.45) is 5.92 Å². The van der Waals surface area contributed by atoms with E-state index in [0.717, 1.165) is 22.3 Å². The molecule has 0 amide bonds. The van der Waals surface area contributed by atoms with Gasteiger partial charge in [0.1, 0.15) is 0 Å². The lowest BCUT2D eigenvalue weighted by Crippen LogP contribution is -2.41. The normalized spacial score (nSPS) is 28.6. The number of hydrogen-bond acceptors (Lipinski definition) is 2. The first-order valence-corrected chi connectivity index (χ1v) is 8.93. The van der Waals surface area contributed by atoms with Gasteiger partial charge in [0.15, 0.2) is 0 Å². The van der Waals surface area contributed by atoms with E-state index in [1.165, 1.54) is 24.8 Å². The SMILES string of the molecule is CNC1CCC(c2ccccc2)CC1SC(C)C(C)C. The Morgan fingerprint density at radius 1 is 1.10 bits per heavy atom. The molecular formula is C18H29NS. The van der Waals surface area contributed by atoms with E-state index in [1.54, 1.807) is 0 Å². The maximum Gasteiger partial charge on any atom is 0.0209 e. The summed E-state index contributed by atoms with van der Waals surface area (Å²) in [5, 5.41) is 5.04. The highest BCUT2D eigenvalue weighted by Gasteiger charge is 2.32. The van der Waals surface area contributed by atoms with Crippen LogP contribution in [0, 0.1) is 5.92 Å². The summed E-state index contributed by atoms with van der Waals surface area (Å²) < 4.78 is 0. The lowest BCUT2D eigenvalue weighted by atomic mass is 9.81. The summed E-state index contributed by atoms with van der Waals surface area (Å²) in [4.78, 5) is 0. The number of thioether (sulfide) groups is 1. The van der Waals surface area contributed by atoms with Crippen LogP contribution in [0.5, 0.6) is 0 Å². The first kappa shape index (κ1) is 15.9. The average Bonchev–Trinajstić information content (AvgIpc) is 2.48. The van der Waals surface area contributed by atoms with Crippen molar-refractivity contribution in [1.82, 2.24) is 5.32 Å². The zero-order chi connectivity index (χ0) is 14.5. The number of nitrogens with one attached hydrogen (secondary N) is 1. The smallest absolute Gasteiger partial charge is 0.0209 e. The molecule has 2 heteroatoms. The first-order valence-electron chi connectivity index (χ1n) is 7.99. The maximum absolute atomic E-state index is 3.55. The molecule has 0 heterocycles. The molecule has 4 atom stereocenters. The Morgan fingerprint density at radius 3 is 2.40 bits per heavy atom. The van der Waals surface area contributed by atoms with Crippen LogP contribution in [0.3, 0.4) is 0 Å². The van der Waals surface area contributed by atoms with Crippen molar-refractivity contribution < 1.29 is 0 Å². The van der Waals surface area contributed by atoms with Crippen LogP contribution in [0.2, 0.25) is 0 Å². The second-order valence-electron chi connectivity index (χ2n) is 6.44. The van der Waals surface area contributed by atoms with Crippen molar-refractivity contribution in [2.45, 2.75) is 62.5 Å². The molecule has 20 heavy (non-hydrogen) atoms. The molecule has 0 saturated heterocycles. The van der Waals surface area contributed by atoms with Crippen LogP contribution in [0.25, 0.3) is 0 Å². The highest BCUT2D eigenvalue weighted by molar-refractivity contribution is 8.00. The van der Waals surface area contributed by atoms with Gasteiger partial charge in [-0.1, -0.05) is 51.1 Å². The molecule has 1 aliphatic rings. The van der Waals surface area contributed by atoms with Crippen LogP contribution < -0.4 is 5.32 Å². The molecule has 0 bridgehead atoms. The maximum atomic E-state index is 3.55. The zero-order valence-corrected chi connectivity index (χ0v) is 14.1. The highest BCUT2D eigenvalue weighted by Crippen LogP contribution is 2.40. The Labute approximate surface area is 128 Å². The number of benzene rings is 1. The summed E-state index contributed by atoms with van der Waals surface area (Å²) >= 11 is 2.20. The molecule has 1 saturated carbocycles. The van der Waals surface area contributed by atoms with Crippen molar-refractivity contribution >= 4 is 11.8 Å². The third-order valence-electron chi connectivity index (χ3n) is 4.76. The predicted molar refractivity (Wildman–Crippen MR) is 91.6 cm³/mol. The second-order valence-corrected chi connectivity index (χ2v) is 8.06. The summed E-state index contributed by atoms with van der Waals surface area (Å²) in [7, 11) is 2.13. The molecule has 0 spiro atoms. The molecule has 0 aromatic heterocycles. The van der Waals surface area contributed by atoms with E-state index in [0.29, 0.717) is 6.04 Å². The van der Waals surface area contributed by atoms with Gasteiger partial charge in [0, 0.05) is 16.5 Å². The standard InChI is InChI=1S/C18H29NS/c1-13(2)14(3)20-18-12-16(10-11-17(18)19-4)15-8-6-5-7-9-15/h5-9,13-14,16-19H,10-12H2,1-4H3. The minimum absolute atomic E-state index is 0.682. The molecule has 1 N–H and O–H groups in total. The Bertz CT molecular complexity index is 390. The molecule has 1 aromatic carbocycles. The van der Waals surface area contributed by atoms with E-state index < -0.39 is 0 Å². The van der Waals surface area contributed by atoms with Crippen LogP contribution in [0.4, 0.5) is 0 Å². The Balaban J connectivity index is 2.03. The van der Waals surface area contributed by atoms with Crippen molar-refractivity contribution in [1.29, 1.82) is 0 Å². The van der Waals surface area contributed by atoms with Crippen molar-refractivity contribution in [3.63, 3.8) is 0 Å². The Hall–Kier alpha value is -0.470. The largest absolute Gasteiger partial charge is 0.316 e. The van der Waals surface area contributed by atoms with Gasteiger partial charge in [-0.05, 0) is 43.7 Å². The van der Waals surface area contributed by atoms with Gasteiger partial charge < -0.3 is 5.32 Å². The second kappa shape index (κ2) is 7.51. The molecule has 112 valence electrons. The van der Waals surface area contributed by atoms with E-state index in [1.807, 2.05) is 0 Å². The predicted octanol–water partition coefficient (Wildman–Crippen LogP) is 4.69. The topological polar surface area (TPSA) is 12.0 Å². The van der Waals surface area contributed by atoms with E-state index >= 15 is 0 Å². The molecule has 1 fully saturated rings. The molecule has 0 aliphatic heterocycles. The minimum Gasteiger partial charge on any atom is -0.316 e. The molecule has 1 aliphatic carbocycles. The third kappa shape index (κ3) is 4.02. The summed E-state index contributed by atoms with van der Waals surface area (Å²) in [5.41, 5.74) is 1.53. The summed E-state index contributed by atoms with van der Waals surface area (Å²) in [5.74, 6) is 1.51. The molecule has 4 unspecified atom stereocenters. The molecule has 1 aromatic rings. The van der Waals surface area contributed by atoms with Gasteiger partial charge >= 0.3 is 0 Å². The van der Waals surface area contributed by atoms with Crippen LogP contribution >= 0.6 is 11.8 Å². The molecule has 1 nitrogen and oxygen atoms in total. The first-order chi connectivity index (χ1) is 9.61. The van der Waals surface area contributed by atoms with Crippen LogP contribution in [-0.2, 0) is 0 Å². The van der Waals surface area contributed by atoms with Crippen LogP contribution in [0.1, 0.15) is 51.5 Å². The average molecular weight is 292 g/mol. The molecule has 0 radical (unpaired) electrons. The van der Waals surface area contributed by atoms with Crippen molar-refractivity contribution in [3.05, 3.63) is 35.9 Å². The van der Waals surface area contributed by atoms with E-state index in [2.05, 4.69) is 75.2 Å². The third-order valence-corrected chi connectivity index (χ3v) is 6.61. The monoisotopic (exact) mass is 291 g/mol. The quantitative estimate of drug-likeness (QED) is 0.844.